The molecule has 1 aromatic rings. The number of benzene rings is 1. The zero-order chi connectivity index (χ0) is 19.0. The summed E-state index contributed by atoms with van der Waals surface area (Å²) in [6.07, 6.45) is 5.14. The van der Waals surface area contributed by atoms with Crippen LogP contribution in [0.15, 0.2) is 24.3 Å². The normalized spacial score (nSPS) is 31.6. The van der Waals surface area contributed by atoms with Gasteiger partial charge in [-0.1, -0.05) is 12.1 Å². The van der Waals surface area contributed by atoms with Crippen LogP contribution in [0.25, 0.3) is 0 Å². The molecule has 0 saturated carbocycles. The molecule has 3 aliphatic heterocycles. The highest BCUT2D eigenvalue weighted by Crippen LogP contribution is 2.54. The first kappa shape index (κ1) is 18.8. The first-order chi connectivity index (χ1) is 13.0. The van der Waals surface area contributed by atoms with Gasteiger partial charge in [0.1, 0.15) is 5.75 Å². The van der Waals surface area contributed by atoms with Crippen molar-refractivity contribution < 1.29 is 14.3 Å². The molecule has 148 valence electrons. The molecule has 0 aliphatic carbocycles. The smallest absolute Gasteiger partial charge is 0.222 e. The molecule has 1 amide bonds. The van der Waals surface area contributed by atoms with Gasteiger partial charge in [-0.05, 0) is 57.5 Å². The highest BCUT2D eigenvalue weighted by molar-refractivity contribution is 5.76. The summed E-state index contributed by atoms with van der Waals surface area (Å²) in [5, 5.41) is 0. The Bertz CT molecular complexity index is 675. The maximum absolute atomic E-state index is 12.8. The van der Waals surface area contributed by atoms with Gasteiger partial charge in [-0.2, -0.15) is 0 Å². The number of nitrogens with zero attached hydrogens (tertiary/aromatic N) is 2. The number of carbonyl (C=O) groups excluding carboxylic acids is 1. The highest BCUT2D eigenvalue weighted by Gasteiger charge is 2.63. The van der Waals surface area contributed by atoms with E-state index in [0.717, 1.165) is 51.1 Å². The van der Waals surface area contributed by atoms with E-state index < -0.39 is 0 Å². The minimum absolute atomic E-state index is 0.0447. The molecule has 4 atom stereocenters. The van der Waals surface area contributed by atoms with Crippen molar-refractivity contribution in [2.45, 2.75) is 43.8 Å². The van der Waals surface area contributed by atoms with Gasteiger partial charge in [-0.15, -0.1) is 0 Å². The van der Waals surface area contributed by atoms with Gasteiger partial charge in [0.05, 0.1) is 25.4 Å². The van der Waals surface area contributed by atoms with Crippen molar-refractivity contribution in [2.75, 3.05) is 40.8 Å². The molecule has 0 N–H and O–H groups in total. The van der Waals surface area contributed by atoms with Crippen molar-refractivity contribution >= 4 is 5.91 Å². The average Bonchev–Trinajstić information content (AvgIpc) is 3.31. The Morgan fingerprint density at radius 2 is 2.11 bits per heavy atom. The van der Waals surface area contributed by atoms with E-state index >= 15 is 0 Å². The summed E-state index contributed by atoms with van der Waals surface area (Å²) in [4.78, 5) is 17.2. The number of aryl methyl sites for hydroxylation is 1. The maximum Gasteiger partial charge on any atom is 0.222 e. The second-order valence-electron chi connectivity index (χ2n) is 8.77. The van der Waals surface area contributed by atoms with Crippen LogP contribution in [0.3, 0.4) is 0 Å². The fourth-order valence-corrected chi connectivity index (χ4v) is 5.44. The summed E-state index contributed by atoms with van der Waals surface area (Å²) >= 11 is 0. The van der Waals surface area contributed by atoms with Gasteiger partial charge >= 0.3 is 0 Å². The van der Waals surface area contributed by atoms with E-state index in [9.17, 15) is 4.79 Å². The Kier molecular flexibility index (Phi) is 5.17. The van der Waals surface area contributed by atoms with Crippen molar-refractivity contribution in [1.29, 1.82) is 0 Å². The van der Waals surface area contributed by atoms with Crippen molar-refractivity contribution in [2.24, 2.45) is 11.8 Å². The van der Waals surface area contributed by atoms with Crippen LogP contribution >= 0.6 is 0 Å². The van der Waals surface area contributed by atoms with E-state index in [1.54, 1.807) is 7.11 Å². The quantitative estimate of drug-likeness (QED) is 0.738. The lowest BCUT2D eigenvalue weighted by molar-refractivity contribution is -0.131. The van der Waals surface area contributed by atoms with Gasteiger partial charge in [0.15, 0.2) is 0 Å². The van der Waals surface area contributed by atoms with E-state index in [-0.39, 0.29) is 5.60 Å². The number of hydrogen-bond donors (Lipinski definition) is 0. The third-order valence-electron chi connectivity index (χ3n) is 6.73. The van der Waals surface area contributed by atoms with Gasteiger partial charge in [-0.25, -0.2) is 0 Å². The molecular weight excluding hydrogens is 340 g/mol. The van der Waals surface area contributed by atoms with Gasteiger partial charge in [0.2, 0.25) is 5.91 Å². The summed E-state index contributed by atoms with van der Waals surface area (Å²) in [6, 6.07) is 8.13. The zero-order valence-corrected chi connectivity index (χ0v) is 16.8. The number of fused-ring (bicyclic) bond motifs is 1. The zero-order valence-electron chi connectivity index (χ0n) is 16.8. The van der Waals surface area contributed by atoms with Crippen molar-refractivity contribution in [1.82, 2.24) is 9.80 Å². The van der Waals surface area contributed by atoms with E-state index in [4.69, 9.17) is 9.47 Å². The number of amides is 1. The van der Waals surface area contributed by atoms with Crippen LogP contribution in [-0.2, 0) is 16.0 Å². The van der Waals surface area contributed by atoms with Crippen LogP contribution in [-0.4, -0.2) is 68.3 Å². The summed E-state index contributed by atoms with van der Waals surface area (Å²) < 4.78 is 11.6. The van der Waals surface area contributed by atoms with Gasteiger partial charge < -0.3 is 19.3 Å². The SMILES string of the molecule is COc1ccc(CCCC(=O)N2C[C@@H]3[C@H](CN(C)C)[C@H]4CC[C@]3(C2)O4)cc1. The summed E-state index contributed by atoms with van der Waals surface area (Å²) in [5.41, 5.74) is 1.21. The molecule has 1 aromatic carbocycles. The minimum Gasteiger partial charge on any atom is -0.497 e. The van der Waals surface area contributed by atoms with Crippen LogP contribution in [0.5, 0.6) is 5.75 Å². The molecule has 0 unspecified atom stereocenters. The summed E-state index contributed by atoms with van der Waals surface area (Å²) in [7, 11) is 5.95. The van der Waals surface area contributed by atoms with Crippen LogP contribution < -0.4 is 4.74 Å². The molecule has 0 radical (unpaired) electrons. The number of carbonyl (C=O) groups is 1. The van der Waals surface area contributed by atoms with Crippen molar-refractivity contribution in [3.63, 3.8) is 0 Å². The Hall–Kier alpha value is -1.59. The Labute approximate surface area is 162 Å². The average molecular weight is 373 g/mol. The van der Waals surface area contributed by atoms with Crippen molar-refractivity contribution in [3.8, 4) is 5.75 Å². The molecule has 5 nitrogen and oxygen atoms in total. The molecule has 3 fully saturated rings. The van der Waals surface area contributed by atoms with Gasteiger partial charge in [0, 0.05) is 31.3 Å². The predicted octanol–water partition coefficient (Wildman–Crippen LogP) is 2.59. The second-order valence-corrected chi connectivity index (χ2v) is 8.77. The van der Waals surface area contributed by atoms with Crippen LogP contribution in [0.4, 0.5) is 0 Å². The second kappa shape index (κ2) is 7.44. The number of methoxy groups -OCH3 is 1. The molecule has 0 aromatic heterocycles. The Morgan fingerprint density at radius 1 is 1.33 bits per heavy atom. The minimum atomic E-state index is -0.0447. The Morgan fingerprint density at radius 3 is 2.81 bits per heavy atom. The van der Waals surface area contributed by atoms with Crippen molar-refractivity contribution in [3.05, 3.63) is 29.8 Å². The largest absolute Gasteiger partial charge is 0.497 e. The molecule has 5 heteroatoms. The molecule has 2 bridgehead atoms. The van der Waals surface area contributed by atoms with E-state index in [1.165, 1.54) is 5.56 Å². The molecule has 27 heavy (non-hydrogen) atoms. The lowest BCUT2D eigenvalue weighted by atomic mass is 9.73. The number of ether oxygens (including phenoxy) is 2. The lowest BCUT2D eigenvalue weighted by Gasteiger charge is -2.30. The van der Waals surface area contributed by atoms with E-state index in [1.807, 2.05) is 12.1 Å². The number of rotatable bonds is 7. The van der Waals surface area contributed by atoms with Gasteiger partial charge in [0.25, 0.3) is 0 Å². The molecular formula is C22H32N2O3. The first-order valence-corrected chi connectivity index (χ1v) is 10.2. The molecule has 3 saturated heterocycles. The van der Waals surface area contributed by atoms with Crippen LogP contribution in [0.2, 0.25) is 0 Å². The number of likely N-dealkylation sites (tertiary alicyclic amines) is 1. The summed E-state index contributed by atoms with van der Waals surface area (Å²) in [5.74, 6) is 2.26. The standard InChI is InChI=1S/C22H32N2O3/c1-23(2)13-18-19-14-24(15-22(19)12-11-20(18)27-22)21(25)6-4-5-16-7-9-17(26-3)10-8-16/h7-10,18-20H,4-6,11-15H2,1-3H3/t18-,19+,20+,22+/m0/s1. The van der Waals surface area contributed by atoms with E-state index in [2.05, 4.69) is 36.0 Å². The molecule has 3 heterocycles. The maximum atomic E-state index is 12.8. The van der Waals surface area contributed by atoms with Crippen LogP contribution in [0.1, 0.15) is 31.2 Å². The topological polar surface area (TPSA) is 42.0 Å². The van der Waals surface area contributed by atoms with Crippen LogP contribution in [0, 0.1) is 11.8 Å². The molecule has 1 spiro atoms. The first-order valence-electron chi connectivity index (χ1n) is 10.2. The monoisotopic (exact) mass is 372 g/mol. The van der Waals surface area contributed by atoms with E-state index in [0.29, 0.717) is 30.3 Å². The van der Waals surface area contributed by atoms with Gasteiger partial charge in [-0.3, -0.25) is 4.79 Å². The highest BCUT2D eigenvalue weighted by atomic mass is 16.5. The third-order valence-corrected chi connectivity index (χ3v) is 6.73. The Balaban J connectivity index is 1.30. The lowest BCUT2D eigenvalue weighted by Crippen LogP contribution is -2.40. The molecule has 3 aliphatic rings. The predicted molar refractivity (Wildman–Crippen MR) is 105 cm³/mol. The molecule has 4 rings (SSSR count). The summed E-state index contributed by atoms with van der Waals surface area (Å²) in [6.45, 7) is 2.76. The third kappa shape index (κ3) is 3.59. The number of hydrogen-bond acceptors (Lipinski definition) is 4. The fourth-order valence-electron chi connectivity index (χ4n) is 5.44. The fraction of sp³-hybridized carbons (Fsp3) is 0.682.